The molecule has 0 saturated carbocycles. The first kappa shape index (κ1) is 12.6. The topological polar surface area (TPSA) is 25.5 Å². The van der Waals surface area contributed by atoms with Crippen LogP contribution in [0.15, 0.2) is 48.9 Å². The van der Waals surface area contributed by atoms with Gasteiger partial charge >= 0.3 is 0 Å². The summed E-state index contributed by atoms with van der Waals surface area (Å²) in [5.41, 5.74) is 2.21. The average molecular weight is 357 g/mol. The monoisotopic (exact) mass is 355 g/mol. The molecule has 2 rings (SSSR count). The zero-order chi connectivity index (χ0) is 12.3. The highest BCUT2D eigenvalue weighted by Crippen LogP contribution is 2.26. The molecule has 1 aromatic heterocycles. The van der Waals surface area contributed by atoms with Gasteiger partial charge in [-0.3, -0.25) is 4.99 Å². The molecule has 0 spiro atoms. The third-order valence-corrected chi connectivity index (χ3v) is 4.08. The second kappa shape index (κ2) is 5.65. The fourth-order valence-corrected chi connectivity index (χ4v) is 2.10. The number of hydrogen-bond acceptors (Lipinski definition) is 2. The van der Waals surface area contributed by atoms with E-state index in [-0.39, 0.29) is 0 Å². The van der Waals surface area contributed by atoms with E-state index in [2.05, 4.69) is 49.8 Å². The molecule has 0 amide bonds. The fourth-order valence-electron chi connectivity index (χ4n) is 1.50. The van der Waals surface area contributed by atoms with Crippen LogP contribution in [0.5, 0.6) is 0 Å². The summed E-state index contributed by atoms with van der Waals surface area (Å²) < 4.78 is 7.00. The largest absolute Gasteiger partial charge is 0.447 e. The highest BCUT2D eigenvalue weighted by atomic mass is 79.9. The van der Waals surface area contributed by atoms with Crippen LogP contribution in [0, 0.1) is 0 Å². The second-order valence-electron chi connectivity index (χ2n) is 3.51. The van der Waals surface area contributed by atoms with Crippen molar-refractivity contribution in [2.75, 3.05) is 0 Å². The predicted molar refractivity (Wildman–Crippen MR) is 77.2 cm³/mol. The third-order valence-electron chi connectivity index (χ3n) is 2.37. The van der Waals surface area contributed by atoms with E-state index in [1.54, 1.807) is 6.21 Å². The molecule has 17 heavy (non-hydrogen) atoms. The van der Waals surface area contributed by atoms with E-state index in [4.69, 9.17) is 4.42 Å². The van der Waals surface area contributed by atoms with Crippen molar-refractivity contribution < 1.29 is 4.42 Å². The molecule has 2 aromatic rings. The Bertz CT molecular complexity index is 527. The van der Waals surface area contributed by atoms with Gasteiger partial charge in [0.25, 0.3) is 0 Å². The maximum Gasteiger partial charge on any atom is 0.184 e. The Balaban J connectivity index is 2.25. The van der Waals surface area contributed by atoms with Crippen LogP contribution in [0.2, 0.25) is 0 Å². The number of benzene rings is 1. The van der Waals surface area contributed by atoms with Crippen molar-refractivity contribution in [2.24, 2.45) is 4.99 Å². The molecule has 0 saturated heterocycles. The number of hydrogen-bond donors (Lipinski definition) is 0. The van der Waals surface area contributed by atoms with E-state index in [0.717, 1.165) is 22.3 Å². The van der Waals surface area contributed by atoms with Gasteiger partial charge in [0.2, 0.25) is 0 Å². The lowest BCUT2D eigenvalue weighted by molar-refractivity contribution is 0.533. The van der Waals surface area contributed by atoms with Crippen molar-refractivity contribution in [3.05, 3.63) is 50.8 Å². The van der Waals surface area contributed by atoms with Gasteiger partial charge in [-0.25, -0.2) is 0 Å². The maximum atomic E-state index is 5.43. The Morgan fingerprint density at radius 2 is 2.06 bits per heavy atom. The molecule has 4 heteroatoms. The van der Waals surface area contributed by atoms with Crippen LogP contribution in [-0.2, 0) is 6.42 Å². The van der Waals surface area contributed by atoms with E-state index >= 15 is 0 Å². The van der Waals surface area contributed by atoms with Crippen molar-refractivity contribution in [1.82, 2.24) is 0 Å². The first-order valence-electron chi connectivity index (χ1n) is 5.27. The number of halogens is 2. The van der Waals surface area contributed by atoms with Crippen LogP contribution in [0.4, 0.5) is 5.69 Å². The molecule has 88 valence electrons. The Kier molecular flexibility index (Phi) is 4.18. The van der Waals surface area contributed by atoms with Crippen molar-refractivity contribution in [2.45, 2.75) is 13.3 Å². The van der Waals surface area contributed by atoms with Crippen molar-refractivity contribution in [3.63, 3.8) is 0 Å². The molecule has 0 unspecified atom stereocenters. The standard InChI is InChI=1S/C13H11Br2NO/c1-2-9-5-3-4-6-12(9)16-8-10-7-11(14)13(15)17-10/h3-8H,2H2,1H3. The summed E-state index contributed by atoms with van der Waals surface area (Å²) >= 11 is 6.66. The van der Waals surface area contributed by atoms with Crippen LogP contribution >= 0.6 is 31.9 Å². The molecule has 2 nitrogen and oxygen atoms in total. The highest BCUT2D eigenvalue weighted by molar-refractivity contribution is 9.13. The first-order valence-corrected chi connectivity index (χ1v) is 6.86. The van der Waals surface area contributed by atoms with E-state index in [1.807, 2.05) is 24.3 Å². The number of para-hydroxylation sites is 1. The van der Waals surface area contributed by atoms with Crippen molar-refractivity contribution in [3.8, 4) is 0 Å². The molecule has 0 aliphatic heterocycles. The second-order valence-corrected chi connectivity index (χ2v) is 5.09. The fraction of sp³-hybridized carbons (Fsp3) is 0.154. The Hall–Kier alpha value is -0.870. The lowest BCUT2D eigenvalue weighted by Crippen LogP contribution is -1.81. The molecular formula is C13H11Br2NO. The van der Waals surface area contributed by atoms with Crippen LogP contribution < -0.4 is 0 Å². The van der Waals surface area contributed by atoms with E-state index in [1.165, 1.54) is 5.56 Å². The molecule has 0 fully saturated rings. The summed E-state index contributed by atoms with van der Waals surface area (Å²) in [5.74, 6) is 0.717. The van der Waals surface area contributed by atoms with Crippen molar-refractivity contribution in [1.29, 1.82) is 0 Å². The minimum atomic E-state index is 0.683. The van der Waals surface area contributed by atoms with Crippen LogP contribution in [0.3, 0.4) is 0 Å². The lowest BCUT2D eigenvalue weighted by Gasteiger charge is -2.00. The zero-order valence-corrected chi connectivity index (χ0v) is 12.5. The molecule has 1 heterocycles. The predicted octanol–water partition coefficient (Wildman–Crippen LogP) is 5.12. The third kappa shape index (κ3) is 3.07. The van der Waals surface area contributed by atoms with E-state index < -0.39 is 0 Å². The molecule has 1 aromatic carbocycles. The van der Waals surface area contributed by atoms with Gasteiger partial charge in [0.05, 0.1) is 16.4 Å². The van der Waals surface area contributed by atoms with Crippen LogP contribution in [0.25, 0.3) is 0 Å². The number of aryl methyl sites for hydroxylation is 1. The van der Waals surface area contributed by atoms with Gasteiger partial charge in [0.1, 0.15) is 5.76 Å². The molecule has 0 N–H and O–H groups in total. The van der Waals surface area contributed by atoms with Crippen molar-refractivity contribution >= 4 is 43.8 Å². The Morgan fingerprint density at radius 1 is 1.29 bits per heavy atom. The highest BCUT2D eigenvalue weighted by Gasteiger charge is 2.03. The Morgan fingerprint density at radius 3 is 2.71 bits per heavy atom. The SMILES string of the molecule is CCc1ccccc1N=Cc1cc(Br)c(Br)o1. The number of rotatable bonds is 3. The van der Waals surface area contributed by atoms with Gasteiger partial charge in [0, 0.05) is 6.07 Å². The summed E-state index contributed by atoms with van der Waals surface area (Å²) in [4.78, 5) is 4.44. The molecule has 0 aliphatic rings. The van der Waals surface area contributed by atoms with Gasteiger partial charge in [-0.05, 0) is 49.9 Å². The molecule has 0 radical (unpaired) electrons. The van der Waals surface area contributed by atoms with Gasteiger partial charge < -0.3 is 4.42 Å². The van der Waals surface area contributed by atoms with Crippen LogP contribution in [-0.4, -0.2) is 6.21 Å². The van der Waals surface area contributed by atoms with E-state index in [9.17, 15) is 0 Å². The minimum absolute atomic E-state index is 0.683. The first-order chi connectivity index (χ1) is 8.20. The maximum absolute atomic E-state index is 5.43. The smallest absolute Gasteiger partial charge is 0.184 e. The zero-order valence-electron chi connectivity index (χ0n) is 9.28. The quantitative estimate of drug-likeness (QED) is 0.701. The van der Waals surface area contributed by atoms with Gasteiger partial charge in [-0.15, -0.1) is 0 Å². The molecular weight excluding hydrogens is 346 g/mol. The molecule has 0 atom stereocenters. The minimum Gasteiger partial charge on any atom is -0.447 e. The average Bonchev–Trinajstić information content (AvgIpc) is 2.66. The van der Waals surface area contributed by atoms with Crippen LogP contribution in [0.1, 0.15) is 18.2 Å². The van der Waals surface area contributed by atoms with Gasteiger partial charge in [0.15, 0.2) is 4.67 Å². The summed E-state index contributed by atoms with van der Waals surface area (Å²) in [6.45, 7) is 2.12. The number of nitrogens with zero attached hydrogens (tertiary/aromatic N) is 1. The normalized spacial score (nSPS) is 11.2. The Labute approximate surface area is 117 Å². The summed E-state index contributed by atoms with van der Waals surface area (Å²) in [7, 11) is 0. The molecule has 0 bridgehead atoms. The lowest BCUT2D eigenvalue weighted by atomic mass is 10.1. The van der Waals surface area contributed by atoms with Gasteiger partial charge in [-0.2, -0.15) is 0 Å². The number of aliphatic imine (C=N–C) groups is 1. The summed E-state index contributed by atoms with van der Waals surface area (Å²) in [6.07, 6.45) is 2.70. The number of furan rings is 1. The van der Waals surface area contributed by atoms with E-state index in [0.29, 0.717) is 4.67 Å². The summed E-state index contributed by atoms with van der Waals surface area (Å²) in [5, 5.41) is 0. The summed E-state index contributed by atoms with van der Waals surface area (Å²) in [6, 6.07) is 9.98. The molecule has 0 aliphatic carbocycles. The van der Waals surface area contributed by atoms with Gasteiger partial charge in [-0.1, -0.05) is 25.1 Å².